The Labute approximate surface area is 179 Å². The van der Waals surface area contributed by atoms with Crippen molar-refractivity contribution in [1.82, 2.24) is 10.6 Å². The molecule has 3 N–H and O–H groups in total. The topological polar surface area (TPSA) is 75.1 Å². The molecule has 28 heavy (non-hydrogen) atoms. The van der Waals surface area contributed by atoms with Gasteiger partial charge in [-0.1, -0.05) is 6.07 Å². The molecule has 0 bridgehead atoms. The fourth-order valence-electron chi connectivity index (χ4n) is 3.08. The predicted octanol–water partition coefficient (Wildman–Crippen LogP) is 2.79. The Hall–Kier alpha value is -1.27. The maximum Gasteiger partial charge on any atom is 0.416 e. The molecule has 0 saturated carbocycles. The van der Waals surface area contributed by atoms with Gasteiger partial charge < -0.3 is 25.2 Å². The monoisotopic (exact) mass is 517 g/mol. The van der Waals surface area contributed by atoms with Gasteiger partial charge in [-0.25, -0.2) is 0 Å². The largest absolute Gasteiger partial charge is 0.497 e. The number of aliphatic imine (C=N–C) groups is 1. The van der Waals surface area contributed by atoms with E-state index in [1.807, 2.05) is 0 Å². The van der Waals surface area contributed by atoms with Gasteiger partial charge in [0, 0.05) is 38.8 Å². The van der Waals surface area contributed by atoms with Crippen LogP contribution >= 0.6 is 24.0 Å². The molecule has 160 valence electrons. The molecular weight excluding hydrogens is 490 g/mol. The molecule has 1 saturated heterocycles. The Kier molecular flexibility index (Phi) is 9.78. The van der Waals surface area contributed by atoms with Crippen molar-refractivity contribution in [3.8, 4) is 5.75 Å². The molecular formula is C18H27F3IN3O3. The predicted molar refractivity (Wildman–Crippen MR) is 111 cm³/mol. The minimum Gasteiger partial charge on any atom is -0.497 e. The molecule has 1 aromatic carbocycles. The van der Waals surface area contributed by atoms with E-state index in [4.69, 9.17) is 9.47 Å². The molecule has 0 aliphatic carbocycles. The molecule has 0 aromatic heterocycles. The second-order valence-electron chi connectivity index (χ2n) is 6.58. The number of aliphatic hydroxyl groups is 1. The van der Waals surface area contributed by atoms with E-state index in [-0.39, 0.29) is 53.9 Å². The molecule has 2 rings (SSSR count). The highest BCUT2D eigenvalue weighted by molar-refractivity contribution is 14.0. The van der Waals surface area contributed by atoms with Gasteiger partial charge in [0.1, 0.15) is 5.75 Å². The first-order chi connectivity index (χ1) is 12.8. The Bertz CT molecular complexity index is 651. The normalized spacial score (nSPS) is 19.9. The summed E-state index contributed by atoms with van der Waals surface area (Å²) in [5.41, 5.74) is -0.838. The zero-order valence-corrected chi connectivity index (χ0v) is 18.3. The van der Waals surface area contributed by atoms with Crippen LogP contribution in [0.15, 0.2) is 23.2 Å². The summed E-state index contributed by atoms with van der Waals surface area (Å²) >= 11 is 0. The van der Waals surface area contributed by atoms with Crippen molar-refractivity contribution in [2.45, 2.75) is 25.6 Å². The zero-order chi connectivity index (χ0) is 19.9. The summed E-state index contributed by atoms with van der Waals surface area (Å²) in [5, 5.41) is 15.3. The van der Waals surface area contributed by atoms with Crippen LogP contribution in [0.5, 0.6) is 5.75 Å². The van der Waals surface area contributed by atoms with Crippen LogP contribution in [0, 0.1) is 5.41 Å². The number of hydrogen-bond acceptors (Lipinski definition) is 4. The zero-order valence-electron chi connectivity index (χ0n) is 15.9. The van der Waals surface area contributed by atoms with Gasteiger partial charge in [-0.3, -0.25) is 4.99 Å². The Morgan fingerprint density at radius 2 is 2.11 bits per heavy atom. The Balaban J connectivity index is 0.00000392. The maximum absolute atomic E-state index is 13.3. The summed E-state index contributed by atoms with van der Waals surface area (Å²) in [6, 6.07) is 3.87. The van der Waals surface area contributed by atoms with E-state index in [1.54, 1.807) is 7.05 Å². The second-order valence-corrected chi connectivity index (χ2v) is 6.58. The van der Waals surface area contributed by atoms with E-state index in [0.29, 0.717) is 32.1 Å². The van der Waals surface area contributed by atoms with Crippen molar-refractivity contribution in [2.75, 3.05) is 40.5 Å². The SMILES string of the molecule is CN=C(NCc1ccc(OC)cc1C(F)(F)F)NCC1(CCO)CCOC1.I. The van der Waals surface area contributed by atoms with Crippen LogP contribution in [0.1, 0.15) is 24.0 Å². The van der Waals surface area contributed by atoms with Gasteiger partial charge in [-0.15, -0.1) is 24.0 Å². The van der Waals surface area contributed by atoms with Gasteiger partial charge in [0.05, 0.1) is 19.3 Å². The lowest BCUT2D eigenvalue weighted by atomic mass is 9.84. The van der Waals surface area contributed by atoms with Crippen molar-refractivity contribution in [3.63, 3.8) is 0 Å². The average Bonchev–Trinajstić information content (AvgIpc) is 3.10. The Morgan fingerprint density at radius 3 is 2.64 bits per heavy atom. The molecule has 1 unspecified atom stereocenters. The highest BCUT2D eigenvalue weighted by Crippen LogP contribution is 2.34. The number of halogens is 4. The average molecular weight is 517 g/mol. The molecule has 1 heterocycles. The third-order valence-electron chi connectivity index (χ3n) is 4.75. The number of guanidine groups is 1. The van der Waals surface area contributed by atoms with Crippen molar-refractivity contribution in [1.29, 1.82) is 0 Å². The lowest BCUT2D eigenvalue weighted by molar-refractivity contribution is -0.138. The molecule has 0 amide bonds. The second kappa shape index (κ2) is 11.1. The molecule has 1 aliphatic heterocycles. The van der Waals surface area contributed by atoms with E-state index in [2.05, 4.69) is 15.6 Å². The molecule has 6 nitrogen and oxygen atoms in total. The fraction of sp³-hybridized carbons (Fsp3) is 0.611. The number of nitrogens with one attached hydrogen (secondary N) is 2. The molecule has 1 aromatic rings. The van der Waals surface area contributed by atoms with Gasteiger partial charge in [-0.2, -0.15) is 13.2 Å². The van der Waals surface area contributed by atoms with Crippen molar-refractivity contribution >= 4 is 29.9 Å². The summed E-state index contributed by atoms with van der Waals surface area (Å²) in [6.07, 6.45) is -3.07. The van der Waals surface area contributed by atoms with Gasteiger partial charge >= 0.3 is 6.18 Å². The van der Waals surface area contributed by atoms with E-state index in [1.165, 1.54) is 19.2 Å². The van der Waals surface area contributed by atoms with Crippen LogP contribution in [0.3, 0.4) is 0 Å². The minimum absolute atomic E-state index is 0. The highest BCUT2D eigenvalue weighted by Gasteiger charge is 2.35. The summed E-state index contributed by atoms with van der Waals surface area (Å²) in [5.74, 6) is 0.545. The summed E-state index contributed by atoms with van der Waals surface area (Å²) in [6.45, 7) is 1.70. The van der Waals surface area contributed by atoms with Crippen LogP contribution in [-0.2, 0) is 17.5 Å². The van der Waals surface area contributed by atoms with E-state index >= 15 is 0 Å². The summed E-state index contributed by atoms with van der Waals surface area (Å²) < 4.78 is 50.2. The first-order valence-corrected chi connectivity index (χ1v) is 8.71. The summed E-state index contributed by atoms with van der Waals surface area (Å²) in [7, 11) is 2.88. The number of methoxy groups -OCH3 is 1. The van der Waals surface area contributed by atoms with Crippen molar-refractivity contribution in [3.05, 3.63) is 29.3 Å². The van der Waals surface area contributed by atoms with Crippen LogP contribution in [-0.4, -0.2) is 51.6 Å². The molecule has 1 fully saturated rings. The molecule has 0 spiro atoms. The third-order valence-corrected chi connectivity index (χ3v) is 4.75. The van der Waals surface area contributed by atoms with Crippen molar-refractivity contribution < 1.29 is 27.8 Å². The van der Waals surface area contributed by atoms with Crippen LogP contribution in [0.2, 0.25) is 0 Å². The number of aliphatic hydroxyl groups excluding tert-OH is 1. The maximum atomic E-state index is 13.3. The van der Waals surface area contributed by atoms with Gasteiger partial charge in [0.2, 0.25) is 0 Å². The van der Waals surface area contributed by atoms with Crippen molar-refractivity contribution in [2.24, 2.45) is 10.4 Å². The molecule has 10 heteroatoms. The number of ether oxygens (including phenoxy) is 2. The van der Waals surface area contributed by atoms with Crippen LogP contribution in [0.25, 0.3) is 0 Å². The number of hydrogen-bond donors (Lipinski definition) is 3. The minimum atomic E-state index is -4.48. The van der Waals surface area contributed by atoms with Gasteiger partial charge in [-0.05, 0) is 30.5 Å². The third kappa shape index (κ3) is 6.66. The first-order valence-electron chi connectivity index (χ1n) is 8.71. The highest BCUT2D eigenvalue weighted by atomic mass is 127. The molecule has 1 aliphatic rings. The smallest absolute Gasteiger partial charge is 0.416 e. The van der Waals surface area contributed by atoms with Crippen LogP contribution < -0.4 is 15.4 Å². The Morgan fingerprint density at radius 1 is 1.36 bits per heavy atom. The standard InChI is InChI=1S/C18H26F3N3O3.HI/c1-22-16(24-11-17(5-7-25)6-8-27-12-17)23-10-13-3-4-14(26-2)9-15(13)18(19,20)21;/h3-4,9,25H,5-8,10-12H2,1-2H3,(H2,22,23,24);1H. The van der Waals surface area contributed by atoms with E-state index in [0.717, 1.165) is 12.5 Å². The molecule has 1 atom stereocenters. The lowest BCUT2D eigenvalue weighted by Crippen LogP contribution is -2.44. The fourth-order valence-corrected chi connectivity index (χ4v) is 3.08. The van der Waals surface area contributed by atoms with Gasteiger partial charge in [0.25, 0.3) is 0 Å². The van der Waals surface area contributed by atoms with E-state index in [9.17, 15) is 18.3 Å². The number of alkyl halides is 3. The van der Waals surface area contributed by atoms with Crippen LogP contribution in [0.4, 0.5) is 13.2 Å². The first kappa shape index (κ1) is 24.8. The quantitative estimate of drug-likeness (QED) is 0.295. The number of rotatable bonds is 7. The number of benzene rings is 1. The number of nitrogens with zero attached hydrogens (tertiary/aromatic N) is 1. The van der Waals surface area contributed by atoms with Gasteiger partial charge in [0.15, 0.2) is 5.96 Å². The van der Waals surface area contributed by atoms with E-state index < -0.39 is 11.7 Å². The molecule has 0 radical (unpaired) electrons. The summed E-state index contributed by atoms with van der Waals surface area (Å²) in [4.78, 5) is 4.07. The lowest BCUT2D eigenvalue weighted by Gasteiger charge is -2.27.